The summed E-state index contributed by atoms with van der Waals surface area (Å²) in [7, 11) is 0. The molecule has 0 radical (unpaired) electrons. The average molecular weight is 527 g/mol. The normalized spacial score (nSPS) is 11.8. The van der Waals surface area contributed by atoms with Gasteiger partial charge in [-0.15, -0.1) is 10.0 Å². The highest BCUT2D eigenvalue weighted by Crippen LogP contribution is 2.18. The van der Waals surface area contributed by atoms with E-state index in [2.05, 4.69) is 30.9 Å². The van der Waals surface area contributed by atoms with Crippen LogP contribution in [0.5, 0.6) is 0 Å². The lowest BCUT2D eigenvalue weighted by molar-refractivity contribution is 0.0933. The van der Waals surface area contributed by atoms with Gasteiger partial charge in [0.1, 0.15) is 22.7 Å². The predicted molar refractivity (Wildman–Crippen MR) is 140 cm³/mol. The molecule has 5 rings (SSSR count). The third-order valence-corrected chi connectivity index (χ3v) is 6.01. The van der Waals surface area contributed by atoms with Crippen LogP contribution in [0, 0.1) is 11.8 Å². The van der Waals surface area contributed by atoms with Gasteiger partial charge in [-0.2, -0.15) is 0 Å². The monoisotopic (exact) mass is 526 g/mol. The summed E-state index contributed by atoms with van der Waals surface area (Å²) < 4.78 is 6.75. The number of fused-ring (bicyclic) bond motifs is 2. The van der Waals surface area contributed by atoms with Crippen LogP contribution in [0.1, 0.15) is 61.3 Å². The molecule has 0 saturated heterocycles. The number of anilines is 1. The molecule has 0 bridgehead atoms. The average Bonchev–Trinajstić information content (AvgIpc) is 3.50. The van der Waals surface area contributed by atoms with E-state index in [0.29, 0.717) is 22.6 Å². The Hall–Kier alpha value is -5.46. The summed E-state index contributed by atoms with van der Waals surface area (Å²) in [6.45, 7) is 3.69. The van der Waals surface area contributed by atoms with Crippen LogP contribution in [0.4, 0.5) is 5.82 Å². The Labute approximate surface area is 220 Å². The molecule has 13 heteroatoms. The number of nitroso groups, excluding NO2 is 1. The third-order valence-electron chi connectivity index (χ3n) is 6.01. The Bertz CT molecular complexity index is 1760. The van der Waals surface area contributed by atoms with Crippen LogP contribution in [-0.2, 0) is 6.54 Å². The van der Waals surface area contributed by atoms with E-state index in [1.54, 1.807) is 32.0 Å². The number of nitrogen functional groups attached to an aromatic ring is 1. The Morgan fingerprint density at radius 1 is 1.05 bits per heavy atom. The summed E-state index contributed by atoms with van der Waals surface area (Å²) in [4.78, 5) is 56.7. The second-order valence-electron chi connectivity index (χ2n) is 8.80. The van der Waals surface area contributed by atoms with Crippen molar-refractivity contribution < 1.29 is 18.8 Å². The van der Waals surface area contributed by atoms with Crippen molar-refractivity contribution in [1.29, 1.82) is 0 Å². The molecular formula is C26H22N8O5. The predicted octanol–water partition coefficient (Wildman–Crippen LogP) is 3.09. The van der Waals surface area contributed by atoms with E-state index < -0.39 is 23.8 Å². The molecule has 0 aliphatic rings. The van der Waals surface area contributed by atoms with Gasteiger partial charge in [-0.05, 0) is 42.3 Å². The van der Waals surface area contributed by atoms with Gasteiger partial charge in [0, 0.05) is 36.3 Å². The topological polar surface area (TPSA) is 187 Å². The van der Waals surface area contributed by atoms with Crippen molar-refractivity contribution in [2.75, 3.05) is 5.73 Å². The summed E-state index contributed by atoms with van der Waals surface area (Å²) in [6.07, 6.45) is 0. The minimum Gasteiger partial charge on any atom is -0.441 e. The van der Waals surface area contributed by atoms with E-state index >= 15 is 0 Å². The summed E-state index contributed by atoms with van der Waals surface area (Å²) in [5.74, 6) is -1.23. The van der Waals surface area contributed by atoms with Crippen molar-refractivity contribution in [2.45, 2.75) is 26.4 Å². The van der Waals surface area contributed by atoms with Gasteiger partial charge in [-0.3, -0.25) is 14.4 Å². The number of aromatic nitrogens is 4. The molecule has 2 aromatic carbocycles. The van der Waals surface area contributed by atoms with Gasteiger partial charge in [0.15, 0.2) is 17.1 Å². The van der Waals surface area contributed by atoms with Gasteiger partial charge < -0.3 is 20.8 Å². The number of amides is 3. The molecule has 1 atom stereocenters. The summed E-state index contributed by atoms with van der Waals surface area (Å²) in [5.41, 5.74) is 9.06. The number of nitrogens with zero attached hydrogens (tertiary/aromatic N) is 5. The largest absolute Gasteiger partial charge is 0.441 e. The number of oxazole rings is 1. The van der Waals surface area contributed by atoms with Crippen LogP contribution in [0.15, 0.2) is 64.2 Å². The number of nitrogens with two attached hydrogens (primary N) is 1. The van der Waals surface area contributed by atoms with Gasteiger partial charge in [-0.25, -0.2) is 14.5 Å². The van der Waals surface area contributed by atoms with Crippen molar-refractivity contribution in [3.05, 3.63) is 93.5 Å². The molecule has 0 spiro atoms. The maximum absolute atomic E-state index is 13.2. The first kappa shape index (κ1) is 25.2. The second kappa shape index (κ2) is 10.1. The molecular weight excluding hydrogens is 504 g/mol. The minimum absolute atomic E-state index is 0.0177. The first-order valence-electron chi connectivity index (χ1n) is 11.8. The maximum atomic E-state index is 13.2. The fourth-order valence-corrected chi connectivity index (χ4v) is 4.06. The number of aryl methyl sites for hydroxylation is 1. The Kier molecular flexibility index (Phi) is 6.54. The fraction of sp³-hybridized carbons (Fsp3) is 0.154. The standard InChI is InChI=1S/C26H22N8O5/c1-13(16-4-6-17(7-5-16)24(35)33-38)29-25(36)19-10-20(34-23(31-19)11-22(27)32-34)26(37)28-12-15-3-8-21-18(9-15)30-14(2)39-21/h3-11,13H,12H2,1-2H3,(H2,27,32)(H,28,37)(H,29,36)/t13-/m0/s1. The van der Waals surface area contributed by atoms with Crippen LogP contribution in [0.3, 0.4) is 0 Å². The first-order valence-corrected chi connectivity index (χ1v) is 11.8. The zero-order chi connectivity index (χ0) is 27.7. The molecule has 3 heterocycles. The van der Waals surface area contributed by atoms with E-state index in [1.807, 2.05) is 12.1 Å². The lowest BCUT2D eigenvalue weighted by Gasteiger charge is -2.15. The van der Waals surface area contributed by atoms with Crippen LogP contribution in [0.25, 0.3) is 16.7 Å². The number of carbonyl (C=O) groups excluding carboxylic acids is 3. The smallest absolute Gasteiger partial charge is 0.316 e. The van der Waals surface area contributed by atoms with Crippen LogP contribution in [0.2, 0.25) is 0 Å². The third kappa shape index (κ3) is 5.18. The molecule has 196 valence electrons. The lowest BCUT2D eigenvalue weighted by atomic mass is 10.1. The van der Waals surface area contributed by atoms with E-state index in [-0.39, 0.29) is 35.0 Å². The number of hydrogen-bond donors (Lipinski definition) is 3. The van der Waals surface area contributed by atoms with Gasteiger partial charge in [0.25, 0.3) is 11.8 Å². The van der Waals surface area contributed by atoms with Crippen molar-refractivity contribution in [2.24, 2.45) is 5.18 Å². The van der Waals surface area contributed by atoms with Crippen molar-refractivity contribution >= 4 is 40.3 Å². The van der Waals surface area contributed by atoms with Crippen LogP contribution >= 0.6 is 0 Å². The maximum Gasteiger partial charge on any atom is 0.316 e. The van der Waals surface area contributed by atoms with Crippen LogP contribution < -0.4 is 16.4 Å². The molecule has 39 heavy (non-hydrogen) atoms. The molecule has 3 aromatic heterocycles. The second-order valence-corrected chi connectivity index (χ2v) is 8.80. The molecule has 3 amide bonds. The van der Waals surface area contributed by atoms with Gasteiger partial charge in [-0.1, -0.05) is 18.2 Å². The van der Waals surface area contributed by atoms with Crippen LogP contribution in [-0.4, -0.2) is 37.3 Å². The van der Waals surface area contributed by atoms with E-state index in [4.69, 9.17) is 10.2 Å². The number of benzene rings is 2. The molecule has 0 fully saturated rings. The molecule has 5 aromatic rings. The van der Waals surface area contributed by atoms with E-state index in [0.717, 1.165) is 5.56 Å². The molecule has 0 unspecified atom stereocenters. The Morgan fingerprint density at radius 2 is 1.82 bits per heavy atom. The lowest BCUT2D eigenvalue weighted by Crippen LogP contribution is -2.30. The Morgan fingerprint density at radius 3 is 2.56 bits per heavy atom. The zero-order valence-corrected chi connectivity index (χ0v) is 20.8. The number of nitrogens with one attached hydrogen (secondary N) is 2. The highest BCUT2D eigenvalue weighted by Gasteiger charge is 2.20. The van der Waals surface area contributed by atoms with E-state index in [9.17, 15) is 19.3 Å². The highest BCUT2D eigenvalue weighted by molar-refractivity contribution is 5.98. The van der Waals surface area contributed by atoms with Gasteiger partial charge in [0.2, 0.25) is 0 Å². The first-order chi connectivity index (χ1) is 18.7. The van der Waals surface area contributed by atoms with E-state index in [1.165, 1.54) is 28.8 Å². The SMILES string of the molecule is Cc1nc2cc(CNC(=O)c3cc(C(=O)N[C@@H](C)c4ccc(C(=O)N=O)cc4)nc4cc(N)nn34)ccc2o1. The van der Waals surface area contributed by atoms with Crippen molar-refractivity contribution in [3.63, 3.8) is 0 Å². The number of carbonyl (C=O) groups is 3. The highest BCUT2D eigenvalue weighted by atomic mass is 16.3. The van der Waals surface area contributed by atoms with Crippen molar-refractivity contribution in [1.82, 2.24) is 30.2 Å². The summed E-state index contributed by atoms with van der Waals surface area (Å²) in [6, 6.07) is 13.8. The molecule has 13 nitrogen and oxygen atoms in total. The van der Waals surface area contributed by atoms with Crippen molar-refractivity contribution in [3.8, 4) is 0 Å². The summed E-state index contributed by atoms with van der Waals surface area (Å²) in [5, 5.41) is 12.2. The van der Waals surface area contributed by atoms with Gasteiger partial charge in [0.05, 0.1) is 6.04 Å². The number of rotatable bonds is 7. The minimum atomic E-state index is -0.879. The molecule has 0 saturated carbocycles. The number of hydrogen-bond acceptors (Lipinski definition) is 9. The zero-order valence-electron chi connectivity index (χ0n) is 20.8. The Balaban J connectivity index is 1.35. The molecule has 4 N–H and O–H groups in total. The molecule has 0 aliphatic carbocycles. The quantitative estimate of drug-likeness (QED) is 0.268. The summed E-state index contributed by atoms with van der Waals surface area (Å²) >= 11 is 0. The van der Waals surface area contributed by atoms with Gasteiger partial charge >= 0.3 is 5.91 Å². The fourth-order valence-electron chi connectivity index (χ4n) is 4.06. The molecule has 0 aliphatic heterocycles.